The molecule has 1 rings (SSSR count). The van der Waals surface area contributed by atoms with Gasteiger partial charge in [-0.2, -0.15) is 0 Å². The Morgan fingerprint density at radius 1 is 1.44 bits per heavy atom. The van der Waals surface area contributed by atoms with Gasteiger partial charge in [-0.25, -0.2) is 8.78 Å². The van der Waals surface area contributed by atoms with Crippen LogP contribution in [0.4, 0.5) is 8.78 Å². The monoisotopic (exact) mass is 258 g/mol. The molecule has 0 bridgehead atoms. The quantitative estimate of drug-likeness (QED) is 0.882. The maximum Gasteiger partial charge on any atom is 0.303 e. The molecule has 0 aromatic heterocycles. The fourth-order valence-electron chi connectivity index (χ4n) is 1.84. The number of carboxylic acid groups (broad SMARTS) is 1. The smallest absolute Gasteiger partial charge is 0.303 e. The van der Waals surface area contributed by atoms with Crippen molar-refractivity contribution in [2.24, 2.45) is 0 Å². The van der Waals surface area contributed by atoms with Gasteiger partial charge in [0.2, 0.25) is 0 Å². The fourth-order valence-corrected chi connectivity index (χ4v) is 1.84. The van der Waals surface area contributed by atoms with E-state index in [9.17, 15) is 13.6 Å². The second kappa shape index (κ2) is 5.33. The Bertz CT molecular complexity index is 450. The molecule has 0 aliphatic heterocycles. The topological polar surface area (TPSA) is 46.5 Å². The lowest BCUT2D eigenvalue weighted by Gasteiger charge is -2.19. The van der Waals surface area contributed by atoms with Gasteiger partial charge in [0.1, 0.15) is 5.75 Å². The first kappa shape index (κ1) is 14.4. The van der Waals surface area contributed by atoms with Gasteiger partial charge < -0.3 is 9.84 Å². The first-order valence-electron chi connectivity index (χ1n) is 5.53. The highest BCUT2D eigenvalue weighted by Crippen LogP contribution is 2.38. The zero-order chi connectivity index (χ0) is 13.9. The summed E-state index contributed by atoms with van der Waals surface area (Å²) in [4.78, 5) is 10.6. The molecule has 0 aliphatic carbocycles. The van der Waals surface area contributed by atoms with E-state index in [2.05, 4.69) is 0 Å². The molecule has 0 saturated carbocycles. The van der Waals surface area contributed by atoms with Crippen LogP contribution in [0.2, 0.25) is 0 Å². The average molecular weight is 258 g/mol. The van der Waals surface area contributed by atoms with Gasteiger partial charge in [-0.05, 0) is 25.0 Å². The SMILES string of the molecule is COc1c(CCC(=O)O)cc(C)cc1C(C)(F)F. The number of methoxy groups -OCH3 is 1. The Morgan fingerprint density at radius 3 is 2.50 bits per heavy atom. The summed E-state index contributed by atoms with van der Waals surface area (Å²) >= 11 is 0. The number of ether oxygens (including phenoxy) is 1. The van der Waals surface area contributed by atoms with Crippen LogP contribution < -0.4 is 4.74 Å². The molecule has 100 valence electrons. The summed E-state index contributed by atoms with van der Waals surface area (Å²) in [6.07, 6.45) is 0.0534. The number of alkyl halides is 2. The summed E-state index contributed by atoms with van der Waals surface area (Å²) in [7, 11) is 1.31. The minimum absolute atomic E-state index is 0.0781. The number of hydrogen-bond donors (Lipinski definition) is 1. The Balaban J connectivity index is 3.24. The van der Waals surface area contributed by atoms with E-state index in [0.717, 1.165) is 6.92 Å². The van der Waals surface area contributed by atoms with E-state index in [-0.39, 0.29) is 24.2 Å². The molecule has 0 unspecified atom stereocenters. The van der Waals surface area contributed by atoms with Crippen LogP contribution in [0.5, 0.6) is 5.75 Å². The highest BCUT2D eigenvalue weighted by Gasteiger charge is 2.30. The Labute approximate surface area is 104 Å². The molecule has 0 spiro atoms. The first-order chi connectivity index (χ1) is 8.25. The van der Waals surface area contributed by atoms with Crippen molar-refractivity contribution >= 4 is 5.97 Å². The minimum atomic E-state index is -3.02. The molecule has 18 heavy (non-hydrogen) atoms. The molecule has 1 aromatic rings. The van der Waals surface area contributed by atoms with Crippen molar-refractivity contribution < 1.29 is 23.4 Å². The molecule has 1 aromatic carbocycles. The second-order valence-electron chi connectivity index (χ2n) is 4.29. The largest absolute Gasteiger partial charge is 0.496 e. The van der Waals surface area contributed by atoms with E-state index in [4.69, 9.17) is 9.84 Å². The van der Waals surface area contributed by atoms with E-state index < -0.39 is 11.9 Å². The lowest BCUT2D eigenvalue weighted by Crippen LogP contribution is -2.12. The molecule has 0 saturated heterocycles. The third-order valence-corrected chi connectivity index (χ3v) is 2.60. The van der Waals surface area contributed by atoms with Gasteiger partial charge in [-0.3, -0.25) is 4.79 Å². The summed E-state index contributed by atoms with van der Waals surface area (Å²) in [5.74, 6) is -3.91. The van der Waals surface area contributed by atoms with Gasteiger partial charge >= 0.3 is 5.97 Å². The predicted molar refractivity (Wildman–Crippen MR) is 63.3 cm³/mol. The predicted octanol–water partition coefficient (Wildman–Crippen LogP) is 3.13. The number of aryl methyl sites for hydroxylation is 2. The summed E-state index contributed by atoms with van der Waals surface area (Å²) in [6.45, 7) is 2.49. The van der Waals surface area contributed by atoms with Crippen LogP contribution in [0.25, 0.3) is 0 Å². The van der Waals surface area contributed by atoms with Crippen molar-refractivity contribution in [2.45, 2.75) is 32.6 Å². The normalized spacial score (nSPS) is 11.4. The Kier molecular flexibility index (Phi) is 4.27. The summed E-state index contributed by atoms with van der Waals surface area (Å²) < 4.78 is 31.9. The maximum absolute atomic E-state index is 13.5. The third-order valence-electron chi connectivity index (χ3n) is 2.60. The standard InChI is InChI=1S/C13H16F2O3/c1-8-6-9(4-5-11(16)17)12(18-3)10(7-8)13(2,14)15/h6-7H,4-5H2,1-3H3,(H,16,17). The van der Waals surface area contributed by atoms with Crippen LogP contribution in [-0.2, 0) is 17.1 Å². The van der Waals surface area contributed by atoms with E-state index in [0.29, 0.717) is 11.1 Å². The maximum atomic E-state index is 13.5. The van der Waals surface area contributed by atoms with Crippen molar-refractivity contribution in [3.63, 3.8) is 0 Å². The molecular formula is C13H16F2O3. The number of benzene rings is 1. The Hall–Kier alpha value is -1.65. The van der Waals surface area contributed by atoms with Crippen LogP contribution in [0.3, 0.4) is 0 Å². The van der Waals surface area contributed by atoms with E-state index >= 15 is 0 Å². The third kappa shape index (κ3) is 3.42. The van der Waals surface area contributed by atoms with Crippen molar-refractivity contribution in [3.05, 3.63) is 28.8 Å². The van der Waals surface area contributed by atoms with Crippen LogP contribution in [-0.4, -0.2) is 18.2 Å². The van der Waals surface area contributed by atoms with Crippen LogP contribution >= 0.6 is 0 Å². The van der Waals surface area contributed by atoms with Crippen LogP contribution in [0.1, 0.15) is 30.0 Å². The van der Waals surface area contributed by atoms with E-state index in [1.165, 1.54) is 13.2 Å². The highest BCUT2D eigenvalue weighted by molar-refractivity contribution is 5.67. The van der Waals surface area contributed by atoms with Crippen LogP contribution in [0, 0.1) is 6.92 Å². The van der Waals surface area contributed by atoms with Gasteiger partial charge in [-0.1, -0.05) is 11.6 Å². The molecule has 0 atom stereocenters. The van der Waals surface area contributed by atoms with Crippen molar-refractivity contribution in [3.8, 4) is 5.75 Å². The van der Waals surface area contributed by atoms with Gasteiger partial charge in [0.05, 0.1) is 12.7 Å². The van der Waals surface area contributed by atoms with E-state index in [1.54, 1.807) is 13.0 Å². The summed E-state index contributed by atoms with van der Waals surface area (Å²) in [5, 5.41) is 8.65. The van der Waals surface area contributed by atoms with Gasteiger partial charge in [0.15, 0.2) is 0 Å². The minimum Gasteiger partial charge on any atom is -0.496 e. The van der Waals surface area contributed by atoms with Gasteiger partial charge in [-0.15, -0.1) is 0 Å². The van der Waals surface area contributed by atoms with Gasteiger partial charge in [0, 0.05) is 13.3 Å². The molecule has 0 fully saturated rings. The zero-order valence-electron chi connectivity index (χ0n) is 10.6. The fraction of sp³-hybridized carbons (Fsp3) is 0.462. The molecular weight excluding hydrogens is 242 g/mol. The molecule has 0 aliphatic rings. The molecule has 0 amide bonds. The molecule has 3 nitrogen and oxygen atoms in total. The van der Waals surface area contributed by atoms with Crippen molar-refractivity contribution in [1.82, 2.24) is 0 Å². The molecule has 0 heterocycles. The first-order valence-corrected chi connectivity index (χ1v) is 5.53. The van der Waals surface area contributed by atoms with Gasteiger partial charge in [0.25, 0.3) is 5.92 Å². The van der Waals surface area contributed by atoms with Crippen LogP contribution in [0.15, 0.2) is 12.1 Å². The number of aliphatic carboxylic acids is 1. The van der Waals surface area contributed by atoms with E-state index in [1.807, 2.05) is 0 Å². The summed E-state index contributed by atoms with van der Waals surface area (Å²) in [6, 6.07) is 3.04. The molecule has 5 heteroatoms. The number of hydrogen-bond acceptors (Lipinski definition) is 2. The zero-order valence-corrected chi connectivity index (χ0v) is 10.6. The second-order valence-corrected chi connectivity index (χ2v) is 4.29. The average Bonchev–Trinajstić information content (AvgIpc) is 2.24. The Morgan fingerprint density at radius 2 is 2.06 bits per heavy atom. The molecule has 1 N–H and O–H groups in total. The molecule has 0 radical (unpaired) electrons. The lowest BCUT2D eigenvalue weighted by atomic mass is 9.98. The van der Waals surface area contributed by atoms with Crippen molar-refractivity contribution in [1.29, 1.82) is 0 Å². The van der Waals surface area contributed by atoms with Crippen molar-refractivity contribution in [2.75, 3.05) is 7.11 Å². The number of rotatable bonds is 5. The highest BCUT2D eigenvalue weighted by atomic mass is 19.3. The lowest BCUT2D eigenvalue weighted by molar-refractivity contribution is -0.136. The summed E-state index contributed by atoms with van der Waals surface area (Å²) in [5.41, 5.74) is 0.953. The number of halogens is 2. The number of carboxylic acids is 1. The number of carbonyl (C=O) groups is 1.